The average molecular weight is 323 g/mol. The van der Waals surface area contributed by atoms with Gasteiger partial charge in [0.2, 0.25) is 11.8 Å². The summed E-state index contributed by atoms with van der Waals surface area (Å²) in [6.45, 7) is 9.13. The van der Waals surface area contributed by atoms with E-state index in [9.17, 15) is 9.59 Å². The predicted molar refractivity (Wildman–Crippen MR) is 92.0 cm³/mol. The van der Waals surface area contributed by atoms with Crippen LogP contribution >= 0.6 is 0 Å². The van der Waals surface area contributed by atoms with Gasteiger partial charge in [0.15, 0.2) is 0 Å². The summed E-state index contributed by atoms with van der Waals surface area (Å²) in [4.78, 5) is 29.5. The van der Waals surface area contributed by atoms with Crippen molar-refractivity contribution in [2.75, 3.05) is 26.7 Å². The van der Waals surface area contributed by atoms with Gasteiger partial charge in [0.25, 0.3) is 0 Å². The predicted octanol–water partition coefficient (Wildman–Crippen LogP) is 1.87. The molecule has 2 amide bonds. The highest BCUT2D eigenvalue weighted by Crippen LogP contribution is 2.27. The standard InChI is InChI=1S/C18H33N3O2/c1-13(2)12-16(17(22)19-4)21-9-5-6-15(21)18(23)20-10-7-14(3)8-11-20/h13-16H,5-12H2,1-4H3,(H,19,22). The molecule has 2 aliphatic rings. The Kier molecular flexibility index (Phi) is 6.45. The first kappa shape index (κ1) is 18.2. The molecule has 132 valence electrons. The van der Waals surface area contributed by atoms with Crippen LogP contribution in [0.15, 0.2) is 0 Å². The molecule has 2 heterocycles. The maximum Gasteiger partial charge on any atom is 0.239 e. The summed E-state index contributed by atoms with van der Waals surface area (Å²) in [5.74, 6) is 1.44. The highest BCUT2D eigenvalue weighted by molar-refractivity contribution is 5.85. The first-order chi connectivity index (χ1) is 10.9. The molecule has 2 aliphatic heterocycles. The Morgan fingerprint density at radius 1 is 1.13 bits per heavy atom. The van der Waals surface area contributed by atoms with E-state index in [4.69, 9.17) is 0 Å². The van der Waals surface area contributed by atoms with Crippen LogP contribution in [0.4, 0.5) is 0 Å². The molecule has 2 unspecified atom stereocenters. The normalized spacial score (nSPS) is 24.9. The van der Waals surface area contributed by atoms with E-state index in [2.05, 4.69) is 31.0 Å². The molecular formula is C18H33N3O2. The lowest BCUT2D eigenvalue weighted by atomic mass is 9.97. The van der Waals surface area contributed by atoms with Crippen LogP contribution in [0, 0.1) is 11.8 Å². The molecule has 2 fully saturated rings. The third-order valence-electron chi connectivity index (χ3n) is 5.32. The van der Waals surface area contributed by atoms with Crippen LogP contribution in [0.2, 0.25) is 0 Å². The van der Waals surface area contributed by atoms with Gasteiger partial charge in [-0.2, -0.15) is 0 Å². The molecule has 0 bridgehead atoms. The topological polar surface area (TPSA) is 52.7 Å². The van der Waals surface area contributed by atoms with E-state index in [-0.39, 0.29) is 23.9 Å². The number of likely N-dealkylation sites (tertiary alicyclic amines) is 2. The van der Waals surface area contributed by atoms with Crippen molar-refractivity contribution in [3.8, 4) is 0 Å². The maximum absolute atomic E-state index is 13.0. The second kappa shape index (κ2) is 8.13. The van der Waals surface area contributed by atoms with Crippen LogP contribution < -0.4 is 5.32 Å². The molecule has 0 aromatic rings. The number of carbonyl (C=O) groups excluding carboxylic acids is 2. The molecule has 23 heavy (non-hydrogen) atoms. The van der Waals surface area contributed by atoms with Gasteiger partial charge in [0, 0.05) is 20.1 Å². The fourth-order valence-electron chi connectivity index (χ4n) is 3.87. The summed E-state index contributed by atoms with van der Waals surface area (Å²) in [7, 11) is 1.69. The summed E-state index contributed by atoms with van der Waals surface area (Å²) in [5, 5.41) is 2.79. The van der Waals surface area contributed by atoms with Gasteiger partial charge in [0.05, 0.1) is 12.1 Å². The van der Waals surface area contributed by atoms with Crippen molar-refractivity contribution in [1.29, 1.82) is 0 Å². The molecule has 2 saturated heterocycles. The highest BCUT2D eigenvalue weighted by Gasteiger charge is 2.40. The van der Waals surface area contributed by atoms with Gasteiger partial charge in [-0.05, 0) is 50.5 Å². The van der Waals surface area contributed by atoms with Gasteiger partial charge < -0.3 is 10.2 Å². The van der Waals surface area contributed by atoms with Crippen molar-refractivity contribution in [3.63, 3.8) is 0 Å². The quantitative estimate of drug-likeness (QED) is 0.840. The number of nitrogens with zero attached hydrogens (tertiary/aromatic N) is 2. The van der Waals surface area contributed by atoms with Gasteiger partial charge >= 0.3 is 0 Å². The summed E-state index contributed by atoms with van der Waals surface area (Å²) < 4.78 is 0. The van der Waals surface area contributed by atoms with E-state index >= 15 is 0 Å². The Morgan fingerprint density at radius 2 is 1.78 bits per heavy atom. The summed E-state index contributed by atoms with van der Waals surface area (Å²) >= 11 is 0. The summed E-state index contributed by atoms with van der Waals surface area (Å²) in [5.41, 5.74) is 0. The zero-order valence-corrected chi connectivity index (χ0v) is 15.2. The number of rotatable bonds is 5. The van der Waals surface area contributed by atoms with E-state index < -0.39 is 0 Å². The van der Waals surface area contributed by atoms with Crippen LogP contribution in [0.1, 0.15) is 52.9 Å². The van der Waals surface area contributed by atoms with E-state index in [0.717, 1.165) is 57.7 Å². The molecule has 0 aliphatic carbocycles. The van der Waals surface area contributed by atoms with Crippen LogP contribution in [0.25, 0.3) is 0 Å². The van der Waals surface area contributed by atoms with Gasteiger partial charge in [0.1, 0.15) is 0 Å². The molecule has 2 atom stereocenters. The Bertz CT molecular complexity index is 416. The molecule has 5 heteroatoms. The van der Waals surface area contributed by atoms with E-state index in [1.807, 2.05) is 4.90 Å². The molecule has 1 N–H and O–H groups in total. The van der Waals surface area contributed by atoms with Crippen LogP contribution in [0.5, 0.6) is 0 Å². The van der Waals surface area contributed by atoms with Crippen molar-refractivity contribution < 1.29 is 9.59 Å². The van der Waals surface area contributed by atoms with Gasteiger partial charge in [-0.25, -0.2) is 0 Å². The lowest BCUT2D eigenvalue weighted by molar-refractivity contribution is -0.140. The van der Waals surface area contributed by atoms with E-state index in [1.54, 1.807) is 7.05 Å². The zero-order valence-electron chi connectivity index (χ0n) is 15.2. The number of hydrogen-bond acceptors (Lipinski definition) is 3. The van der Waals surface area contributed by atoms with Crippen LogP contribution in [-0.2, 0) is 9.59 Å². The molecule has 0 radical (unpaired) electrons. The van der Waals surface area contributed by atoms with E-state index in [0.29, 0.717) is 5.92 Å². The average Bonchev–Trinajstić information content (AvgIpc) is 3.01. The lowest BCUT2D eigenvalue weighted by Gasteiger charge is -2.37. The first-order valence-corrected chi connectivity index (χ1v) is 9.20. The third kappa shape index (κ3) is 4.46. The van der Waals surface area contributed by atoms with Crippen LogP contribution in [-0.4, -0.2) is 60.4 Å². The monoisotopic (exact) mass is 323 g/mol. The molecule has 5 nitrogen and oxygen atoms in total. The SMILES string of the molecule is CNC(=O)C(CC(C)C)N1CCCC1C(=O)N1CCC(C)CC1. The van der Waals surface area contributed by atoms with Crippen molar-refractivity contribution in [3.05, 3.63) is 0 Å². The minimum atomic E-state index is -0.180. The number of carbonyl (C=O) groups is 2. The van der Waals surface area contributed by atoms with Gasteiger partial charge in [-0.3, -0.25) is 14.5 Å². The van der Waals surface area contributed by atoms with Gasteiger partial charge in [-0.1, -0.05) is 20.8 Å². The third-order valence-corrected chi connectivity index (χ3v) is 5.32. The van der Waals surface area contributed by atoms with Crippen LogP contribution in [0.3, 0.4) is 0 Å². The van der Waals surface area contributed by atoms with E-state index in [1.165, 1.54) is 0 Å². The molecule has 0 saturated carbocycles. The number of hydrogen-bond donors (Lipinski definition) is 1. The Hall–Kier alpha value is -1.10. The smallest absolute Gasteiger partial charge is 0.239 e. The van der Waals surface area contributed by atoms with Crippen molar-refractivity contribution in [1.82, 2.24) is 15.1 Å². The van der Waals surface area contributed by atoms with Crippen molar-refractivity contribution in [2.24, 2.45) is 11.8 Å². The maximum atomic E-state index is 13.0. The van der Waals surface area contributed by atoms with Gasteiger partial charge in [-0.15, -0.1) is 0 Å². The number of amides is 2. The largest absolute Gasteiger partial charge is 0.358 e. The second-order valence-corrected chi connectivity index (χ2v) is 7.66. The Morgan fingerprint density at radius 3 is 2.35 bits per heavy atom. The fourth-order valence-corrected chi connectivity index (χ4v) is 3.87. The number of likely N-dealkylation sites (N-methyl/N-ethyl adjacent to an activating group) is 1. The van der Waals surface area contributed by atoms with Crippen molar-refractivity contribution >= 4 is 11.8 Å². The molecule has 0 spiro atoms. The van der Waals surface area contributed by atoms with Crippen molar-refractivity contribution in [2.45, 2.75) is 65.0 Å². The summed E-state index contributed by atoms with van der Waals surface area (Å²) in [6.07, 6.45) is 4.90. The molecule has 2 rings (SSSR count). The first-order valence-electron chi connectivity index (χ1n) is 9.20. The fraction of sp³-hybridized carbons (Fsp3) is 0.889. The zero-order chi connectivity index (χ0) is 17.0. The minimum absolute atomic E-state index is 0.0469. The number of nitrogens with one attached hydrogen (secondary N) is 1. The minimum Gasteiger partial charge on any atom is -0.358 e. The Balaban J connectivity index is 2.07. The lowest BCUT2D eigenvalue weighted by Crippen LogP contribution is -2.54. The molecular weight excluding hydrogens is 290 g/mol. The number of piperidine rings is 1. The Labute approximate surface area is 140 Å². The molecule has 0 aromatic carbocycles. The summed E-state index contributed by atoms with van der Waals surface area (Å²) in [6, 6.07) is -0.287. The second-order valence-electron chi connectivity index (χ2n) is 7.66. The highest BCUT2D eigenvalue weighted by atomic mass is 16.2. The molecule has 0 aromatic heterocycles.